The topological polar surface area (TPSA) is 44.8 Å². The average molecular weight is 821 g/mol. The Hall–Kier alpha value is -1.32. The summed E-state index contributed by atoms with van der Waals surface area (Å²) < 4.78 is 134. The number of rotatable bonds is 16. The first kappa shape index (κ1) is 43.8. The highest BCUT2D eigenvalue weighted by Gasteiger charge is 2.85. The van der Waals surface area contributed by atoms with E-state index >= 15 is 0 Å². The Labute approximate surface area is 320 Å². The van der Waals surface area contributed by atoms with Crippen LogP contribution in [0.5, 0.6) is 5.75 Å². The molecule has 54 heavy (non-hydrogen) atoms. The highest BCUT2D eigenvalue weighted by Crippen LogP contribution is 2.62. The van der Waals surface area contributed by atoms with E-state index in [0.717, 1.165) is 68.6 Å². The molecule has 1 saturated heterocycles. The molecule has 0 aromatic heterocycles. The lowest BCUT2D eigenvalue weighted by molar-refractivity contribution is -0.457. The summed E-state index contributed by atoms with van der Waals surface area (Å²) in [4.78, 5) is 13.3. The largest absolute Gasteiger partial charge is 0.494 e. The molecule has 7 unspecified atom stereocenters. The summed E-state index contributed by atoms with van der Waals surface area (Å²) in [5, 5.41) is 0. The van der Waals surface area contributed by atoms with E-state index in [4.69, 9.17) is 9.47 Å². The van der Waals surface area contributed by atoms with Gasteiger partial charge in [-0.3, -0.25) is 4.79 Å². The van der Waals surface area contributed by atoms with Crippen LogP contribution < -0.4 is 4.74 Å². The minimum Gasteiger partial charge on any atom is -0.494 e. The maximum absolute atomic E-state index is 13.3. The van der Waals surface area contributed by atoms with Crippen LogP contribution in [-0.4, -0.2) is 67.3 Å². The van der Waals surface area contributed by atoms with Gasteiger partial charge in [0, 0.05) is 30.5 Å². The Bertz CT molecular complexity index is 1360. The van der Waals surface area contributed by atoms with Crippen molar-refractivity contribution >= 4 is 27.4 Å². The van der Waals surface area contributed by atoms with Crippen molar-refractivity contribution in [3.05, 3.63) is 29.3 Å². The van der Waals surface area contributed by atoms with Crippen LogP contribution in [-0.2, 0) is 20.7 Å². The molecule has 7 atom stereocenters. The molecule has 4 nitrogen and oxygen atoms in total. The lowest BCUT2D eigenvalue weighted by Gasteiger charge is -2.50. The lowest BCUT2D eigenvalue weighted by Crippen LogP contribution is -2.67. The van der Waals surface area contributed by atoms with Gasteiger partial charge in [0.25, 0.3) is 0 Å². The predicted molar refractivity (Wildman–Crippen MR) is 193 cm³/mol. The molecule has 5 rings (SSSR count). The first-order valence-corrected chi connectivity index (χ1v) is 21.8. The molecule has 1 aromatic carbocycles. The molecule has 1 heterocycles. The van der Waals surface area contributed by atoms with E-state index in [-0.39, 0.29) is 24.0 Å². The Balaban J connectivity index is 1.10. The second-order valence-electron chi connectivity index (χ2n) is 16.3. The number of hydrogen-bond donors (Lipinski definition) is 0. The fourth-order valence-electron chi connectivity index (χ4n) is 9.70. The number of alkyl halides is 9. The molecule has 3 fully saturated rings. The zero-order chi connectivity index (χ0) is 39.5. The summed E-state index contributed by atoms with van der Waals surface area (Å²) in [6.45, 7) is 5.26. The van der Waals surface area contributed by atoms with Gasteiger partial charge in [-0.05, 0) is 122 Å². The predicted octanol–water partition coefficient (Wildman–Crippen LogP) is 11.9. The molecule has 1 aromatic rings. The van der Waals surface area contributed by atoms with Crippen molar-refractivity contribution in [1.29, 1.82) is 0 Å². The number of carbonyl (C=O) groups excluding carboxylic acids is 1. The van der Waals surface area contributed by atoms with Crippen LogP contribution in [0.2, 0.25) is 0 Å². The summed E-state index contributed by atoms with van der Waals surface area (Å²) in [6.07, 6.45) is -11.7. The first-order chi connectivity index (χ1) is 25.3. The van der Waals surface area contributed by atoms with Crippen molar-refractivity contribution in [2.75, 3.05) is 31.3 Å². The number of fused-ring (bicyclic) bond motifs is 5. The Morgan fingerprint density at radius 2 is 1.59 bits per heavy atom. The van der Waals surface area contributed by atoms with Crippen LogP contribution in [0.3, 0.4) is 0 Å². The summed E-state index contributed by atoms with van der Waals surface area (Å²) in [5.74, 6) is 5.49. The zero-order valence-electron chi connectivity index (χ0n) is 31.1. The zero-order valence-corrected chi connectivity index (χ0v) is 32.8. The van der Waals surface area contributed by atoms with E-state index in [1.807, 2.05) is 27.7 Å². The van der Waals surface area contributed by atoms with Gasteiger partial charge in [-0.25, -0.2) is 0 Å². The molecule has 0 bridgehead atoms. The van der Waals surface area contributed by atoms with Crippen molar-refractivity contribution in [1.82, 2.24) is 0 Å². The Morgan fingerprint density at radius 1 is 0.870 bits per heavy atom. The number of aryl methyl sites for hydroxylation is 1. The molecule has 308 valence electrons. The SMILES string of the molecule is CC(C)CCC(C(=O)CCCOc1ccc2c(c1)CCC1C2CCC2(C)C(OCCCOC(C(F)(F)F)(C(F)(F)F)C(F)(F)F)CCC12)C1CCSSC1. The van der Waals surface area contributed by atoms with Crippen LogP contribution in [0, 0.1) is 35.0 Å². The van der Waals surface area contributed by atoms with Gasteiger partial charge in [0.1, 0.15) is 11.5 Å². The molecular formula is C39H53F9O4S2. The van der Waals surface area contributed by atoms with Gasteiger partial charge in [0.15, 0.2) is 0 Å². The summed E-state index contributed by atoms with van der Waals surface area (Å²) in [6, 6.07) is 6.28. The molecular weight excluding hydrogens is 768 g/mol. The molecule has 3 aliphatic carbocycles. The number of ether oxygens (including phenoxy) is 3. The maximum atomic E-state index is 13.3. The molecule has 0 N–H and O–H groups in total. The smallest absolute Gasteiger partial charge is 0.435 e. The quantitative estimate of drug-likeness (QED) is 0.0940. The average Bonchev–Trinajstić information content (AvgIpc) is 3.42. The van der Waals surface area contributed by atoms with Crippen LogP contribution in [0.4, 0.5) is 39.5 Å². The van der Waals surface area contributed by atoms with E-state index in [1.165, 1.54) is 11.1 Å². The summed E-state index contributed by atoms with van der Waals surface area (Å²) >= 11 is 0. The fourth-order valence-corrected chi connectivity index (χ4v) is 12.3. The summed E-state index contributed by atoms with van der Waals surface area (Å²) in [7, 11) is 3.79. The van der Waals surface area contributed by atoms with Crippen molar-refractivity contribution < 1.29 is 58.5 Å². The van der Waals surface area contributed by atoms with Crippen LogP contribution >= 0.6 is 21.6 Å². The second kappa shape index (κ2) is 17.7. The molecule has 15 heteroatoms. The number of benzene rings is 1. The fraction of sp³-hybridized carbons (Fsp3) is 0.821. The van der Waals surface area contributed by atoms with Gasteiger partial charge in [0.2, 0.25) is 0 Å². The summed E-state index contributed by atoms with van der Waals surface area (Å²) in [5.41, 5.74) is -3.97. The molecule has 0 radical (unpaired) electrons. The molecule has 0 amide bonds. The maximum Gasteiger partial charge on any atom is 0.435 e. The van der Waals surface area contributed by atoms with Crippen LogP contribution in [0.25, 0.3) is 0 Å². The molecule has 4 aliphatic rings. The normalized spacial score (nSPS) is 28.4. The third kappa shape index (κ3) is 9.35. The van der Waals surface area contributed by atoms with Gasteiger partial charge in [-0.1, -0.05) is 54.8 Å². The Morgan fingerprint density at radius 3 is 2.24 bits per heavy atom. The number of Topliss-reactive ketones (excluding diaryl/α,β-unsaturated/α-hetero) is 1. The Kier molecular flexibility index (Phi) is 14.3. The van der Waals surface area contributed by atoms with Gasteiger partial charge in [0.05, 0.1) is 19.3 Å². The number of ketones is 1. The van der Waals surface area contributed by atoms with Crippen LogP contribution in [0.1, 0.15) is 108 Å². The number of halogens is 9. The number of carbonyl (C=O) groups is 1. The van der Waals surface area contributed by atoms with E-state index in [2.05, 4.69) is 37.6 Å². The van der Waals surface area contributed by atoms with E-state index < -0.39 is 37.2 Å². The highest BCUT2D eigenvalue weighted by atomic mass is 33.1. The second-order valence-corrected chi connectivity index (χ2v) is 18.9. The minimum absolute atomic E-state index is 0.132. The van der Waals surface area contributed by atoms with E-state index in [1.54, 1.807) is 0 Å². The lowest BCUT2D eigenvalue weighted by atomic mass is 9.55. The van der Waals surface area contributed by atoms with E-state index in [0.29, 0.717) is 61.2 Å². The van der Waals surface area contributed by atoms with Gasteiger partial charge in [-0.15, -0.1) is 0 Å². The number of hydrogen-bond acceptors (Lipinski definition) is 6. The van der Waals surface area contributed by atoms with Crippen LogP contribution in [0.15, 0.2) is 18.2 Å². The van der Waals surface area contributed by atoms with Crippen molar-refractivity contribution in [3.8, 4) is 5.75 Å². The van der Waals surface area contributed by atoms with Crippen molar-refractivity contribution in [2.24, 2.45) is 35.0 Å². The highest BCUT2D eigenvalue weighted by molar-refractivity contribution is 8.76. The first-order valence-electron chi connectivity index (χ1n) is 19.3. The van der Waals surface area contributed by atoms with Crippen molar-refractivity contribution in [3.63, 3.8) is 0 Å². The minimum atomic E-state index is -6.74. The van der Waals surface area contributed by atoms with Gasteiger partial charge >= 0.3 is 24.1 Å². The third-order valence-electron chi connectivity index (χ3n) is 12.5. The monoisotopic (exact) mass is 820 g/mol. The standard InChI is InChI=1S/C39H53F9O4S2/c1-24(2)7-10-29(26-16-21-53-54-23-26)33(49)6-4-18-50-27-9-12-28-25(22-27)8-11-31-30(28)15-17-35(3)32(31)13-14-34(35)51-19-5-20-52-36(37(40,41)42,38(43,44)45)39(46,47)48/h9,12,22,24,26,29-32,34H,4-8,10-11,13-21,23H2,1-3H3. The third-order valence-corrected chi connectivity index (χ3v) is 15.1. The van der Waals surface area contributed by atoms with E-state index in [9.17, 15) is 44.3 Å². The molecule has 1 aliphatic heterocycles. The molecule has 0 spiro atoms. The van der Waals surface area contributed by atoms with Crippen molar-refractivity contribution in [2.45, 2.75) is 134 Å². The van der Waals surface area contributed by atoms with Gasteiger partial charge in [-0.2, -0.15) is 39.5 Å². The van der Waals surface area contributed by atoms with Gasteiger partial charge < -0.3 is 14.2 Å². The molecule has 2 saturated carbocycles.